The lowest BCUT2D eigenvalue weighted by Crippen LogP contribution is -2.26. The molecule has 1 heterocycles. The topological polar surface area (TPSA) is 65.1 Å². The summed E-state index contributed by atoms with van der Waals surface area (Å²) in [4.78, 5) is 14.9. The molecule has 102 valence electrons. The zero-order valence-corrected chi connectivity index (χ0v) is 11.8. The molecule has 0 radical (unpaired) electrons. The smallest absolute Gasteiger partial charge is 0.269 e. The van der Waals surface area contributed by atoms with E-state index in [0.29, 0.717) is 28.7 Å². The molecular weight excluding hydrogens is 287 g/mol. The lowest BCUT2D eigenvalue weighted by atomic mass is 10.2. The number of aromatic nitrogens is 1. The number of aromatic amines is 1. The highest BCUT2D eigenvalue weighted by atomic mass is 35.5. The van der Waals surface area contributed by atoms with Gasteiger partial charge in [0.25, 0.3) is 5.91 Å². The molecule has 1 aromatic heterocycles. The maximum atomic E-state index is 12.0. The minimum absolute atomic E-state index is 0.294. The molecule has 1 unspecified atom stereocenters. The molecule has 0 bridgehead atoms. The van der Waals surface area contributed by atoms with Gasteiger partial charge in [-0.15, -0.1) is 0 Å². The van der Waals surface area contributed by atoms with Crippen molar-refractivity contribution in [3.8, 4) is 0 Å². The van der Waals surface area contributed by atoms with Gasteiger partial charge in [0.1, 0.15) is 5.69 Å². The van der Waals surface area contributed by atoms with Crippen LogP contribution in [0.5, 0.6) is 0 Å². The Kier molecular flexibility index (Phi) is 4.34. The van der Waals surface area contributed by atoms with Crippen LogP contribution in [0.1, 0.15) is 23.8 Å². The van der Waals surface area contributed by atoms with Gasteiger partial charge in [-0.05, 0) is 31.5 Å². The van der Waals surface area contributed by atoms with Crippen LogP contribution < -0.4 is 5.32 Å². The van der Waals surface area contributed by atoms with Gasteiger partial charge in [-0.25, -0.2) is 0 Å². The van der Waals surface area contributed by atoms with Crippen LogP contribution in [-0.2, 0) is 0 Å². The summed E-state index contributed by atoms with van der Waals surface area (Å²) in [6, 6.07) is 5.21. The van der Waals surface area contributed by atoms with Crippen LogP contribution in [0.2, 0.25) is 10.0 Å². The Morgan fingerprint density at radius 2 is 2.21 bits per heavy atom. The number of fused-ring (bicyclic) bond motifs is 1. The SMILES string of the molecule is CC(O)CCNC(=O)c1[nH]c2ccc(Cl)cc2c1Cl. The molecule has 2 rings (SSSR count). The molecule has 3 N–H and O–H groups in total. The van der Waals surface area contributed by atoms with E-state index in [1.54, 1.807) is 25.1 Å². The first-order chi connectivity index (χ1) is 8.99. The summed E-state index contributed by atoms with van der Waals surface area (Å²) < 4.78 is 0. The molecule has 0 aliphatic heterocycles. The van der Waals surface area contributed by atoms with E-state index >= 15 is 0 Å². The van der Waals surface area contributed by atoms with Crippen molar-refractivity contribution in [3.63, 3.8) is 0 Å². The highest BCUT2D eigenvalue weighted by Gasteiger charge is 2.16. The summed E-state index contributed by atoms with van der Waals surface area (Å²) in [7, 11) is 0. The van der Waals surface area contributed by atoms with Gasteiger partial charge in [0.2, 0.25) is 0 Å². The fourth-order valence-electron chi connectivity index (χ4n) is 1.77. The number of halogens is 2. The van der Waals surface area contributed by atoms with Crippen LogP contribution in [0.15, 0.2) is 18.2 Å². The van der Waals surface area contributed by atoms with Gasteiger partial charge in [-0.3, -0.25) is 4.79 Å². The molecular formula is C13H14Cl2N2O2. The van der Waals surface area contributed by atoms with E-state index < -0.39 is 6.10 Å². The van der Waals surface area contributed by atoms with Crippen LogP contribution in [0.4, 0.5) is 0 Å². The number of H-pyrrole nitrogens is 1. The standard InChI is InChI=1S/C13H14Cl2N2O2/c1-7(18)4-5-16-13(19)12-11(15)9-6-8(14)2-3-10(9)17-12/h2-3,6-7,17-18H,4-5H2,1H3,(H,16,19). The molecule has 0 spiro atoms. The number of carbonyl (C=O) groups is 1. The summed E-state index contributed by atoms with van der Waals surface area (Å²) >= 11 is 12.1. The molecule has 1 amide bonds. The van der Waals surface area contributed by atoms with Crippen molar-refractivity contribution in [1.29, 1.82) is 0 Å². The fraction of sp³-hybridized carbons (Fsp3) is 0.308. The molecule has 0 fully saturated rings. The van der Waals surface area contributed by atoms with Crippen LogP contribution in [-0.4, -0.2) is 28.6 Å². The van der Waals surface area contributed by atoms with E-state index in [9.17, 15) is 4.79 Å². The average molecular weight is 301 g/mol. The quantitative estimate of drug-likeness (QED) is 0.813. The second-order valence-electron chi connectivity index (χ2n) is 4.40. The lowest BCUT2D eigenvalue weighted by Gasteiger charge is -2.05. The highest BCUT2D eigenvalue weighted by molar-refractivity contribution is 6.39. The summed E-state index contributed by atoms with van der Waals surface area (Å²) in [5.41, 5.74) is 1.07. The number of amides is 1. The Bertz CT molecular complexity index is 608. The predicted molar refractivity (Wildman–Crippen MR) is 76.9 cm³/mol. The summed E-state index contributed by atoms with van der Waals surface area (Å²) in [5, 5.41) is 13.5. The number of carbonyl (C=O) groups excluding carboxylic acids is 1. The van der Waals surface area contributed by atoms with E-state index in [1.165, 1.54) is 0 Å². The summed E-state index contributed by atoms with van der Waals surface area (Å²) in [6.07, 6.45) is 0.0485. The van der Waals surface area contributed by atoms with E-state index in [0.717, 1.165) is 10.9 Å². The van der Waals surface area contributed by atoms with E-state index in [1.807, 2.05) is 0 Å². The number of nitrogens with one attached hydrogen (secondary N) is 2. The molecule has 0 saturated carbocycles. The molecule has 1 atom stereocenters. The number of rotatable bonds is 4. The number of hydrogen-bond acceptors (Lipinski definition) is 2. The van der Waals surface area contributed by atoms with Crippen LogP contribution in [0.3, 0.4) is 0 Å². The van der Waals surface area contributed by atoms with Crippen molar-refractivity contribution in [2.45, 2.75) is 19.4 Å². The Hall–Kier alpha value is -1.23. The first-order valence-corrected chi connectivity index (χ1v) is 6.67. The number of aliphatic hydroxyl groups excluding tert-OH is 1. The van der Waals surface area contributed by atoms with Crippen molar-refractivity contribution in [2.75, 3.05) is 6.54 Å². The third-order valence-electron chi connectivity index (χ3n) is 2.77. The first-order valence-electron chi connectivity index (χ1n) is 5.92. The maximum absolute atomic E-state index is 12.0. The number of benzene rings is 1. The highest BCUT2D eigenvalue weighted by Crippen LogP contribution is 2.29. The molecule has 0 aliphatic carbocycles. The summed E-state index contributed by atoms with van der Waals surface area (Å²) in [6.45, 7) is 2.06. The third-order valence-corrected chi connectivity index (χ3v) is 3.40. The Balaban J connectivity index is 2.20. The van der Waals surface area contributed by atoms with Gasteiger partial charge in [-0.2, -0.15) is 0 Å². The van der Waals surface area contributed by atoms with Crippen molar-refractivity contribution < 1.29 is 9.90 Å². The van der Waals surface area contributed by atoms with Crippen LogP contribution >= 0.6 is 23.2 Å². The van der Waals surface area contributed by atoms with Crippen molar-refractivity contribution in [3.05, 3.63) is 33.9 Å². The van der Waals surface area contributed by atoms with Gasteiger partial charge in [0, 0.05) is 22.5 Å². The summed E-state index contributed by atoms with van der Waals surface area (Å²) in [5.74, 6) is -0.294. The van der Waals surface area contributed by atoms with Crippen LogP contribution in [0, 0.1) is 0 Å². The Morgan fingerprint density at radius 3 is 2.89 bits per heavy atom. The van der Waals surface area contributed by atoms with Gasteiger partial charge < -0.3 is 15.4 Å². The van der Waals surface area contributed by atoms with Gasteiger partial charge in [-0.1, -0.05) is 23.2 Å². The van der Waals surface area contributed by atoms with Crippen LogP contribution in [0.25, 0.3) is 10.9 Å². The van der Waals surface area contributed by atoms with Crippen molar-refractivity contribution in [2.24, 2.45) is 0 Å². The van der Waals surface area contributed by atoms with Crippen molar-refractivity contribution in [1.82, 2.24) is 10.3 Å². The van der Waals surface area contributed by atoms with Gasteiger partial charge >= 0.3 is 0 Å². The maximum Gasteiger partial charge on any atom is 0.269 e. The fourth-order valence-corrected chi connectivity index (χ4v) is 2.23. The Morgan fingerprint density at radius 1 is 1.47 bits per heavy atom. The van der Waals surface area contributed by atoms with Gasteiger partial charge in [0.05, 0.1) is 11.1 Å². The average Bonchev–Trinajstić information content (AvgIpc) is 2.66. The molecule has 19 heavy (non-hydrogen) atoms. The zero-order chi connectivity index (χ0) is 14.0. The van der Waals surface area contributed by atoms with E-state index in [2.05, 4.69) is 10.3 Å². The second-order valence-corrected chi connectivity index (χ2v) is 5.21. The number of hydrogen-bond donors (Lipinski definition) is 3. The minimum Gasteiger partial charge on any atom is -0.393 e. The zero-order valence-electron chi connectivity index (χ0n) is 10.3. The Labute approximate surface area is 120 Å². The molecule has 1 aromatic carbocycles. The van der Waals surface area contributed by atoms with Crippen molar-refractivity contribution >= 4 is 40.0 Å². The van der Waals surface area contributed by atoms with Gasteiger partial charge in [0.15, 0.2) is 0 Å². The molecule has 2 aromatic rings. The number of aliphatic hydroxyl groups is 1. The predicted octanol–water partition coefficient (Wildman–Crippen LogP) is 2.98. The second kappa shape index (κ2) is 5.82. The monoisotopic (exact) mass is 300 g/mol. The third kappa shape index (κ3) is 3.21. The largest absolute Gasteiger partial charge is 0.393 e. The molecule has 6 heteroatoms. The normalized spacial score (nSPS) is 12.6. The lowest BCUT2D eigenvalue weighted by molar-refractivity contribution is 0.0941. The van der Waals surface area contributed by atoms with E-state index in [-0.39, 0.29) is 5.91 Å². The molecule has 0 saturated heterocycles. The van der Waals surface area contributed by atoms with E-state index in [4.69, 9.17) is 28.3 Å². The first kappa shape index (κ1) is 14.2. The molecule has 0 aliphatic rings. The minimum atomic E-state index is -0.447. The molecule has 4 nitrogen and oxygen atoms in total.